The van der Waals surface area contributed by atoms with Crippen molar-refractivity contribution in [2.45, 2.75) is 20.0 Å². The molecule has 1 atom stereocenters. The number of nitrogens with zero attached hydrogens (tertiary/aromatic N) is 1. The Morgan fingerprint density at radius 1 is 1.00 bits per heavy atom. The average molecular weight is 392 g/mol. The maximum Gasteiger partial charge on any atom is 0.149 e. The van der Waals surface area contributed by atoms with E-state index in [0.717, 1.165) is 33.6 Å². The van der Waals surface area contributed by atoms with E-state index in [1.54, 1.807) is 6.08 Å². The van der Waals surface area contributed by atoms with Crippen LogP contribution in [-0.4, -0.2) is 0 Å². The Morgan fingerprint density at radius 2 is 1.73 bits per heavy atom. The molecule has 0 saturated heterocycles. The number of aryl methyl sites for hydroxylation is 1. The van der Waals surface area contributed by atoms with E-state index in [4.69, 9.17) is 4.74 Å². The molecule has 0 aliphatic rings. The number of hydrogen-bond donors (Lipinski definition) is 0. The molecule has 2 nitrogen and oxygen atoms in total. The normalized spacial score (nSPS) is 12.4. The lowest BCUT2D eigenvalue weighted by molar-refractivity contribution is 0.246. The van der Waals surface area contributed by atoms with Gasteiger partial charge in [0.15, 0.2) is 0 Å². The number of hydrogen-bond acceptors (Lipinski definition) is 2. The van der Waals surface area contributed by atoms with Gasteiger partial charge in [0.2, 0.25) is 0 Å². The van der Waals surface area contributed by atoms with Crippen molar-refractivity contribution in [2.24, 2.45) is 0 Å². The van der Waals surface area contributed by atoms with Gasteiger partial charge in [-0.05, 0) is 60.4 Å². The second-order valence-corrected chi connectivity index (χ2v) is 6.93. The molecule has 0 radical (unpaired) electrons. The maximum absolute atomic E-state index is 9.69. The lowest BCUT2D eigenvalue weighted by Gasteiger charge is -2.22. The van der Waals surface area contributed by atoms with Crippen molar-refractivity contribution in [1.29, 1.82) is 5.26 Å². The fourth-order valence-electron chi connectivity index (χ4n) is 3.40. The van der Waals surface area contributed by atoms with Crippen molar-refractivity contribution in [3.05, 3.63) is 126 Å². The van der Waals surface area contributed by atoms with Crippen LogP contribution in [-0.2, 0) is 0 Å². The molecule has 0 aliphatic heterocycles. The summed E-state index contributed by atoms with van der Waals surface area (Å²) < 4.78 is 6.41. The third-order valence-electron chi connectivity index (χ3n) is 4.96. The van der Waals surface area contributed by atoms with Crippen LogP contribution in [0.15, 0.2) is 109 Å². The van der Waals surface area contributed by atoms with E-state index < -0.39 is 0 Å². The van der Waals surface area contributed by atoms with E-state index in [1.165, 1.54) is 0 Å². The van der Waals surface area contributed by atoms with Gasteiger partial charge in [-0.2, -0.15) is 5.26 Å². The Hall–Kier alpha value is -3.83. The molecule has 30 heavy (non-hydrogen) atoms. The Labute approximate surface area is 179 Å². The predicted octanol–water partition coefficient (Wildman–Crippen LogP) is 7.34. The lowest BCUT2D eigenvalue weighted by atomic mass is 9.91. The van der Waals surface area contributed by atoms with E-state index in [1.807, 2.05) is 79.7 Å². The van der Waals surface area contributed by atoms with Crippen LogP contribution in [0.2, 0.25) is 0 Å². The molecule has 2 heteroatoms. The summed E-state index contributed by atoms with van der Waals surface area (Å²) in [5.41, 5.74) is 5.74. The molecule has 0 aliphatic carbocycles. The molecule has 1 unspecified atom stereocenters. The first-order chi connectivity index (χ1) is 14.7. The van der Waals surface area contributed by atoms with Crippen LogP contribution < -0.4 is 4.74 Å². The second kappa shape index (κ2) is 10.1. The Bertz CT molecular complexity index is 1120. The molecule has 0 spiro atoms. The number of ether oxygens (including phenoxy) is 1. The first-order valence-corrected chi connectivity index (χ1v) is 9.95. The van der Waals surface area contributed by atoms with Crippen LogP contribution in [0.3, 0.4) is 0 Å². The summed E-state index contributed by atoms with van der Waals surface area (Å²) in [6, 6.07) is 26.1. The van der Waals surface area contributed by atoms with Crippen LogP contribution >= 0.6 is 0 Å². The van der Waals surface area contributed by atoms with Crippen molar-refractivity contribution in [2.75, 3.05) is 0 Å². The van der Waals surface area contributed by atoms with Gasteiger partial charge in [-0.1, -0.05) is 79.4 Å². The standard InChI is InChI=1S/C28H25NO/c1-4-6-13-22(5-2)28(30-25-14-8-7-9-15-25)23-17-18-24(20-29)27(19-23)26-16-11-10-12-21(26)3/h4-19,28H,1H2,2-3H3/b13-6-,22-5+. The number of para-hydroxylation sites is 1. The minimum atomic E-state index is -0.316. The molecule has 0 fully saturated rings. The molecule has 3 aromatic carbocycles. The monoisotopic (exact) mass is 391 g/mol. The molecular formula is C28H25NO. The highest BCUT2D eigenvalue weighted by atomic mass is 16.5. The SMILES string of the molecule is C=C/C=C\C(=C/C)C(Oc1ccccc1)c1ccc(C#N)c(-c2ccccc2C)c1. The van der Waals surface area contributed by atoms with Crippen LogP contribution in [0.4, 0.5) is 0 Å². The van der Waals surface area contributed by atoms with Crippen LogP contribution in [0, 0.1) is 18.3 Å². The van der Waals surface area contributed by atoms with Crippen molar-refractivity contribution < 1.29 is 4.74 Å². The third-order valence-corrected chi connectivity index (χ3v) is 4.96. The summed E-state index contributed by atoms with van der Waals surface area (Å²) in [6.07, 6.45) is 7.39. The zero-order valence-corrected chi connectivity index (χ0v) is 17.4. The molecule has 3 rings (SSSR count). The summed E-state index contributed by atoms with van der Waals surface area (Å²) in [6.45, 7) is 7.84. The van der Waals surface area contributed by atoms with Gasteiger partial charge in [-0.3, -0.25) is 0 Å². The molecule has 148 valence electrons. The Kier molecular flexibility index (Phi) is 7.03. The molecule has 3 aromatic rings. The highest BCUT2D eigenvalue weighted by Gasteiger charge is 2.19. The predicted molar refractivity (Wildman–Crippen MR) is 124 cm³/mol. The number of allylic oxidation sites excluding steroid dienone is 3. The second-order valence-electron chi connectivity index (χ2n) is 6.93. The van der Waals surface area contributed by atoms with Gasteiger partial charge in [0, 0.05) is 5.56 Å². The van der Waals surface area contributed by atoms with Crippen molar-refractivity contribution in [3.63, 3.8) is 0 Å². The van der Waals surface area contributed by atoms with Crippen molar-refractivity contribution >= 4 is 0 Å². The van der Waals surface area contributed by atoms with Crippen LogP contribution in [0.25, 0.3) is 11.1 Å². The zero-order chi connectivity index (χ0) is 21.3. The van der Waals surface area contributed by atoms with Crippen molar-refractivity contribution in [3.8, 4) is 22.9 Å². The van der Waals surface area contributed by atoms with E-state index in [0.29, 0.717) is 5.56 Å². The van der Waals surface area contributed by atoms with Crippen LogP contribution in [0.1, 0.15) is 29.7 Å². The summed E-state index contributed by atoms with van der Waals surface area (Å²) in [5, 5.41) is 9.69. The smallest absolute Gasteiger partial charge is 0.149 e. The summed E-state index contributed by atoms with van der Waals surface area (Å²) in [7, 11) is 0. The molecule has 0 saturated carbocycles. The minimum absolute atomic E-state index is 0.316. The number of nitriles is 1. The highest BCUT2D eigenvalue weighted by molar-refractivity contribution is 5.74. The van der Waals surface area contributed by atoms with E-state index in [-0.39, 0.29) is 6.10 Å². The molecular weight excluding hydrogens is 366 g/mol. The van der Waals surface area contributed by atoms with Gasteiger partial charge in [0.25, 0.3) is 0 Å². The summed E-state index contributed by atoms with van der Waals surface area (Å²) >= 11 is 0. The molecule has 0 N–H and O–H groups in total. The molecule has 0 heterocycles. The fourth-order valence-corrected chi connectivity index (χ4v) is 3.40. The Balaban J connectivity index is 2.14. The van der Waals surface area contributed by atoms with Gasteiger partial charge in [-0.25, -0.2) is 0 Å². The maximum atomic E-state index is 9.69. The van der Waals surface area contributed by atoms with Gasteiger partial charge < -0.3 is 4.74 Å². The fraction of sp³-hybridized carbons (Fsp3) is 0.107. The largest absolute Gasteiger partial charge is 0.481 e. The quantitative estimate of drug-likeness (QED) is 0.395. The zero-order valence-electron chi connectivity index (χ0n) is 17.4. The van der Waals surface area contributed by atoms with E-state index in [9.17, 15) is 5.26 Å². The highest BCUT2D eigenvalue weighted by Crippen LogP contribution is 2.34. The van der Waals surface area contributed by atoms with Gasteiger partial charge in [0.05, 0.1) is 11.6 Å². The van der Waals surface area contributed by atoms with Gasteiger partial charge in [0.1, 0.15) is 11.9 Å². The first kappa shape index (κ1) is 20.9. The van der Waals surface area contributed by atoms with Crippen LogP contribution in [0.5, 0.6) is 5.75 Å². The average Bonchev–Trinajstić information content (AvgIpc) is 2.79. The summed E-state index contributed by atoms with van der Waals surface area (Å²) in [4.78, 5) is 0. The molecule has 0 amide bonds. The van der Waals surface area contributed by atoms with E-state index in [2.05, 4.69) is 37.8 Å². The first-order valence-electron chi connectivity index (χ1n) is 9.95. The minimum Gasteiger partial charge on any atom is -0.481 e. The van der Waals surface area contributed by atoms with Crippen molar-refractivity contribution in [1.82, 2.24) is 0 Å². The third kappa shape index (κ3) is 4.77. The van der Waals surface area contributed by atoms with Gasteiger partial charge >= 0.3 is 0 Å². The molecule has 0 aromatic heterocycles. The van der Waals surface area contributed by atoms with Gasteiger partial charge in [-0.15, -0.1) is 0 Å². The lowest BCUT2D eigenvalue weighted by Crippen LogP contribution is -2.10. The number of benzene rings is 3. The number of rotatable bonds is 7. The summed E-state index contributed by atoms with van der Waals surface area (Å²) in [5.74, 6) is 0.788. The Morgan fingerprint density at radius 3 is 2.40 bits per heavy atom. The van der Waals surface area contributed by atoms with E-state index >= 15 is 0 Å². The molecule has 0 bridgehead atoms. The topological polar surface area (TPSA) is 33.0 Å².